The first-order chi connectivity index (χ1) is 10.6. The lowest BCUT2D eigenvalue weighted by Crippen LogP contribution is -2.40. The van der Waals surface area contributed by atoms with Crippen LogP contribution in [0.5, 0.6) is 0 Å². The fourth-order valence-electron chi connectivity index (χ4n) is 3.47. The molecule has 0 radical (unpaired) electrons. The first-order valence-corrected chi connectivity index (χ1v) is 8.21. The zero-order chi connectivity index (χ0) is 15.5. The zero-order valence-electron chi connectivity index (χ0n) is 13.1. The maximum Gasteiger partial charge on any atom is 0.332 e. The maximum atomic E-state index is 12.4. The summed E-state index contributed by atoms with van der Waals surface area (Å²) in [6, 6.07) is 0.399. The van der Waals surface area contributed by atoms with Crippen molar-refractivity contribution in [1.29, 1.82) is 0 Å². The topological polar surface area (TPSA) is 73.2 Å². The Labute approximate surface area is 129 Å². The molecule has 6 heteroatoms. The summed E-state index contributed by atoms with van der Waals surface area (Å²) < 4.78 is 0. The summed E-state index contributed by atoms with van der Waals surface area (Å²) in [5.41, 5.74) is 2.51. The molecule has 1 fully saturated rings. The molecule has 1 unspecified atom stereocenters. The molecular formula is C16H23N3O3. The number of fused-ring (bicyclic) bond motifs is 1. The number of hydrogen-bond acceptors (Lipinski definition) is 5. The molecule has 1 N–H and O–H groups in total. The van der Waals surface area contributed by atoms with Crippen LogP contribution in [-0.4, -0.2) is 28.5 Å². The number of hydrogen-bond donors (Lipinski definition) is 1. The number of aromatic nitrogens is 2. The quantitative estimate of drug-likeness (QED) is 0.893. The van der Waals surface area contributed by atoms with E-state index >= 15 is 0 Å². The third kappa shape index (κ3) is 3.21. The lowest BCUT2D eigenvalue weighted by atomic mass is 9.89. The monoisotopic (exact) mass is 305 g/mol. The van der Waals surface area contributed by atoms with Crippen LogP contribution in [0, 0.1) is 0 Å². The maximum absolute atomic E-state index is 12.4. The summed E-state index contributed by atoms with van der Waals surface area (Å²) in [4.78, 5) is 29.5. The number of piperidine rings is 1. The van der Waals surface area contributed by atoms with Crippen LogP contribution in [0.4, 0.5) is 0 Å². The Morgan fingerprint density at radius 1 is 1.27 bits per heavy atom. The molecule has 3 rings (SSSR count). The molecule has 0 aromatic carbocycles. The Bertz CT molecular complexity index is 618. The van der Waals surface area contributed by atoms with Crippen LogP contribution in [0.15, 0.2) is 4.79 Å². The van der Waals surface area contributed by atoms with Gasteiger partial charge in [0.2, 0.25) is 0 Å². The fourth-order valence-corrected chi connectivity index (χ4v) is 3.47. The normalized spacial score (nSPS) is 21.2. The van der Waals surface area contributed by atoms with Gasteiger partial charge in [0.15, 0.2) is 0 Å². The van der Waals surface area contributed by atoms with E-state index in [1.165, 1.54) is 19.8 Å². The van der Waals surface area contributed by atoms with Crippen molar-refractivity contribution in [3.8, 4) is 0 Å². The second-order valence-electron chi connectivity index (χ2n) is 6.22. The molecule has 1 aromatic heterocycles. The van der Waals surface area contributed by atoms with Gasteiger partial charge < -0.3 is 10.2 Å². The van der Waals surface area contributed by atoms with Crippen molar-refractivity contribution in [2.75, 3.05) is 6.54 Å². The van der Waals surface area contributed by atoms with Gasteiger partial charge in [0.1, 0.15) is 0 Å². The van der Waals surface area contributed by atoms with Crippen molar-refractivity contribution < 1.29 is 9.63 Å². The molecule has 1 aliphatic carbocycles. The predicted octanol–water partition coefficient (Wildman–Crippen LogP) is 0.782. The highest BCUT2D eigenvalue weighted by atomic mass is 16.7. The minimum atomic E-state index is -0.521. The predicted molar refractivity (Wildman–Crippen MR) is 81.7 cm³/mol. The van der Waals surface area contributed by atoms with Gasteiger partial charge in [-0.2, -0.15) is 0 Å². The van der Waals surface area contributed by atoms with Gasteiger partial charge >= 0.3 is 11.5 Å². The molecule has 2 aliphatic rings. The van der Waals surface area contributed by atoms with Crippen LogP contribution in [0.3, 0.4) is 0 Å². The van der Waals surface area contributed by atoms with Gasteiger partial charge in [0.25, 0.3) is 0 Å². The molecular weight excluding hydrogens is 282 g/mol. The lowest BCUT2D eigenvalue weighted by molar-refractivity contribution is -0.143. The summed E-state index contributed by atoms with van der Waals surface area (Å²) in [5, 5.41) is 7.86. The number of rotatable bonds is 3. The third-order valence-electron chi connectivity index (χ3n) is 4.53. The number of carbonyl (C=O) groups excluding carboxylic acids is 1. The second-order valence-corrected chi connectivity index (χ2v) is 6.22. The minimum absolute atomic E-state index is 0.273. The van der Waals surface area contributed by atoms with E-state index in [4.69, 9.17) is 4.84 Å². The highest BCUT2D eigenvalue weighted by Gasteiger charge is 2.24. The van der Waals surface area contributed by atoms with Gasteiger partial charge in [-0.25, -0.2) is 4.79 Å². The molecule has 1 aromatic rings. The molecule has 22 heavy (non-hydrogen) atoms. The third-order valence-corrected chi connectivity index (χ3v) is 4.53. The summed E-state index contributed by atoms with van der Waals surface area (Å²) in [6.07, 6.45) is 8.12. The van der Waals surface area contributed by atoms with Gasteiger partial charge in [-0.1, -0.05) is 6.42 Å². The van der Waals surface area contributed by atoms with Crippen molar-refractivity contribution >= 4 is 5.97 Å². The molecule has 1 atom stereocenters. The van der Waals surface area contributed by atoms with Gasteiger partial charge in [-0.15, -0.1) is 5.10 Å². The fraction of sp³-hybridized carbons (Fsp3) is 0.688. The van der Waals surface area contributed by atoms with Crippen molar-refractivity contribution in [3.63, 3.8) is 0 Å². The van der Waals surface area contributed by atoms with E-state index in [-0.39, 0.29) is 5.56 Å². The van der Waals surface area contributed by atoms with Gasteiger partial charge in [0.05, 0.1) is 5.69 Å². The van der Waals surface area contributed by atoms with Gasteiger partial charge in [-0.3, -0.25) is 4.79 Å². The smallest absolute Gasteiger partial charge is 0.316 e. The van der Waals surface area contributed by atoms with E-state index in [1.54, 1.807) is 0 Å². The second kappa shape index (κ2) is 6.60. The average Bonchev–Trinajstić information content (AvgIpc) is 2.52. The first-order valence-electron chi connectivity index (χ1n) is 8.21. The van der Waals surface area contributed by atoms with Crippen LogP contribution in [0.25, 0.3) is 0 Å². The summed E-state index contributed by atoms with van der Waals surface area (Å²) >= 11 is 0. The highest BCUT2D eigenvalue weighted by molar-refractivity contribution is 5.66. The summed E-state index contributed by atoms with van der Waals surface area (Å²) in [6.45, 7) is 2.33. The van der Waals surface area contributed by atoms with E-state index in [9.17, 15) is 9.59 Å². The average molecular weight is 305 g/mol. The van der Waals surface area contributed by atoms with E-state index in [0.29, 0.717) is 6.04 Å². The molecule has 0 amide bonds. The zero-order valence-corrected chi connectivity index (χ0v) is 13.1. The molecule has 2 heterocycles. The molecule has 6 nitrogen and oxygen atoms in total. The molecule has 120 valence electrons. The van der Waals surface area contributed by atoms with Crippen LogP contribution >= 0.6 is 0 Å². The Hall–Kier alpha value is -1.69. The van der Waals surface area contributed by atoms with Crippen LogP contribution < -0.4 is 15.7 Å². The lowest BCUT2D eigenvalue weighted by Gasteiger charge is -2.25. The van der Waals surface area contributed by atoms with Crippen molar-refractivity contribution in [1.82, 2.24) is 15.3 Å². The van der Waals surface area contributed by atoms with E-state index in [0.717, 1.165) is 66.7 Å². The first kappa shape index (κ1) is 15.2. The Balaban J connectivity index is 1.95. The van der Waals surface area contributed by atoms with E-state index in [2.05, 4.69) is 10.4 Å². The van der Waals surface area contributed by atoms with Crippen molar-refractivity contribution in [2.24, 2.45) is 0 Å². The van der Waals surface area contributed by atoms with Crippen molar-refractivity contribution in [2.45, 2.75) is 64.3 Å². The van der Waals surface area contributed by atoms with E-state index < -0.39 is 5.97 Å². The summed E-state index contributed by atoms with van der Waals surface area (Å²) in [7, 11) is 0. The molecule has 1 saturated heterocycles. The van der Waals surface area contributed by atoms with Crippen LogP contribution in [0.2, 0.25) is 0 Å². The standard InChI is InChI=1S/C16H23N3O3/c1-11(20)22-19-16(21)14-8-3-2-7-13(14)15(18-19)10-12-6-4-5-9-17-12/h12,17H,2-10H2,1H3. The number of carbonyl (C=O) groups is 1. The van der Waals surface area contributed by atoms with Crippen molar-refractivity contribution in [3.05, 3.63) is 27.2 Å². The Kier molecular flexibility index (Phi) is 4.57. The summed E-state index contributed by atoms with van der Waals surface area (Å²) in [5.74, 6) is -0.521. The Morgan fingerprint density at radius 3 is 2.73 bits per heavy atom. The SMILES string of the molecule is CC(=O)On1nc(CC2CCCCN2)c2c(c1=O)CCCC2. The molecule has 0 bridgehead atoms. The van der Waals surface area contributed by atoms with Crippen LogP contribution in [-0.2, 0) is 24.1 Å². The highest BCUT2D eigenvalue weighted by Crippen LogP contribution is 2.22. The van der Waals surface area contributed by atoms with E-state index in [1.807, 2.05) is 0 Å². The van der Waals surface area contributed by atoms with Gasteiger partial charge in [-0.05, 0) is 55.5 Å². The number of nitrogens with zero attached hydrogens (tertiary/aromatic N) is 2. The Morgan fingerprint density at radius 2 is 2.05 bits per heavy atom. The molecule has 1 aliphatic heterocycles. The molecule has 0 saturated carbocycles. The number of nitrogens with one attached hydrogen (secondary N) is 1. The minimum Gasteiger partial charge on any atom is -0.316 e. The van der Waals surface area contributed by atoms with Crippen LogP contribution in [0.1, 0.15) is 55.8 Å². The largest absolute Gasteiger partial charge is 0.332 e. The van der Waals surface area contributed by atoms with Gasteiger partial charge in [0, 0.05) is 24.9 Å². The molecule has 0 spiro atoms.